The molecular weight excluding hydrogens is 336 g/mol. The average molecular weight is 354 g/mol. The van der Waals surface area contributed by atoms with Crippen molar-refractivity contribution in [3.05, 3.63) is 52.1 Å². The SMILES string of the molecule is Cc1c(C(=O)N2CCCC(C(=O)c3cccs3)C2)cnc2ccnn12. The number of Topliss-reactive ketones (excluding diaryl/α,β-unsaturated/α-hetero) is 1. The molecule has 128 valence electrons. The van der Waals surface area contributed by atoms with Crippen LogP contribution >= 0.6 is 11.3 Å². The Balaban J connectivity index is 1.57. The van der Waals surface area contributed by atoms with Crippen LogP contribution in [0.4, 0.5) is 0 Å². The van der Waals surface area contributed by atoms with Gasteiger partial charge in [0.15, 0.2) is 11.4 Å². The number of likely N-dealkylation sites (tertiary alicyclic amines) is 1. The van der Waals surface area contributed by atoms with Gasteiger partial charge in [-0.05, 0) is 31.2 Å². The van der Waals surface area contributed by atoms with Crippen LogP contribution in [0.5, 0.6) is 0 Å². The van der Waals surface area contributed by atoms with Crippen LogP contribution in [-0.2, 0) is 0 Å². The average Bonchev–Trinajstić information content (AvgIpc) is 3.33. The number of amides is 1. The summed E-state index contributed by atoms with van der Waals surface area (Å²) < 4.78 is 1.67. The van der Waals surface area contributed by atoms with Crippen LogP contribution in [0.25, 0.3) is 5.65 Å². The van der Waals surface area contributed by atoms with Gasteiger partial charge >= 0.3 is 0 Å². The Morgan fingerprint density at radius 1 is 1.32 bits per heavy atom. The van der Waals surface area contributed by atoms with E-state index in [1.807, 2.05) is 24.4 Å². The number of carbonyl (C=O) groups excluding carboxylic acids is 2. The summed E-state index contributed by atoms with van der Waals surface area (Å²) in [6, 6.07) is 5.54. The van der Waals surface area contributed by atoms with Gasteiger partial charge in [0.2, 0.25) is 0 Å². The number of ketones is 1. The van der Waals surface area contributed by atoms with Crippen LogP contribution in [0, 0.1) is 12.8 Å². The van der Waals surface area contributed by atoms with Crippen LogP contribution in [0.2, 0.25) is 0 Å². The molecule has 1 amide bonds. The molecular formula is C18H18N4O2S. The fraction of sp³-hybridized carbons (Fsp3) is 0.333. The highest BCUT2D eigenvalue weighted by Crippen LogP contribution is 2.24. The lowest BCUT2D eigenvalue weighted by Gasteiger charge is -2.32. The Kier molecular flexibility index (Phi) is 4.09. The summed E-state index contributed by atoms with van der Waals surface area (Å²) in [6.07, 6.45) is 4.94. The summed E-state index contributed by atoms with van der Waals surface area (Å²) in [5.41, 5.74) is 2.03. The Morgan fingerprint density at radius 2 is 2.20 bits per heavy atom. The molecule has 6 nitrogen and oxygen atoms in total. The summed E-state index contributed by atoms with van der Waals surface area (Å²) in [5, 5.41) is 6.12. The third-order valence-electron chi connectivity index (χ3n) is 4.73. The molecule has 1 unspecified atom stereocenters. The largest absolute Gasteiger partial charge is 0.338 e. The molecule has 3 aromatic rings. The van der Waals surface area contributed by atoms with E-state index in [-0.39, 0.29) is 17.6 Å². The van der Waals surface area contributed by atoms with Crippen LogP contribution in [0.1, 0.15) is 38.6 Å². The first kappa shape index (κ1) is 16.0. The fourth-order valence-electron chi connectivity index (χ4n) is 3.37. The maximum atomic E-state index is 13.0. The highest BCUT2D eigenvalue weighted by molar-refractivity contribution is 7.12. The first-order chi connectivity index (χ1) is 12.1. The Morgan fingerprint density at radius 3 is 3.00 bits per heavy atom. The number of aryl methyl sites for hydroxylation is 1. The van der Waals surface area contributed by atoms with E-state index in [0.717, 1.165) is 29.1 Å². The van der Waals surface area contributed by atoms with Gasteiger partial charge in [-0.25, -0.2) is 9.50 Å². The Labute approximate surface area is 149 Å². The first-order valence-electron chi connectivity index (χ1n) is 8.31. The third kappa shape index (κ3) is 2.84. The van der Waals surface area contributed by atoms with Gasteiger partial charge in [-0.3, -0.25) is 9.59 Å². The van der Waals surface area contributed by atoms with E-state index >= 15 is 0 Å². The Hall–Kier alpha value is -2.54. The quantitative estimate of drug-likeness (QED) is 0.678. The number of thiophene rings is 1. The van der Waals surface area contributed by atoms with Crippen molar-refractivity contribution >= 4 is 28.7 Å². The van der Waals surface area contributed by atoms with E-state index in [4.69, 9.17) is 0 Å². The van der Waals surface area contributed by atoms with Crippen LogP contribution in [-0.4, -0.2) is 44.3 Å². The lowest BCUT2D eigenvalue weighted by Crippen LogP contribution is -2.42. The van der Waals surface area contributed by atoms with Gasteiger partial charge in [0, 0.05) is 31.3 Å². The summed E-state index contributed by atoms with van der Waals surface area (Å²) in [6.45, 7) is 3.00. The van der Waals surface area contributed by atoms with Crippen molar-refractivity contribution in [3.8, 4) is 0 Å². The maximum absolute atomic E-state index is 13.0. The van der Waals surface area contributed by atoms with E-state index in [2.05, 4.69) is 10.1 Å². The summed E-state index contributed by atoms with van der Waals surface area (Å²) >= 11 is 1.46. The van der Waals surface area contributed by atoms with Crippen molar-refractivity contribution < 1.29 is 9.59 Å². The summed E-state index contributed by atoms with van der Waals surface area (Å²) in [4.78, 5) is 32.4. The van der Waals surface area contributed by atoms with Crippen molar-refractivity contribution in [1.82, 2.24) is 19.5 Å². The predicted octanol–water partition coefficient (Wildman–Crippen LogP) is 2.83. The van der Waals surface area contributed by atoms with Crippen molar-refractivity contribution in [2.45, 2.75) is 19.8 Å². The number of hydrogen-bond acceptors (Lipinski definition) is 5. The molecule has 0 saturated carbocycles. The summed E-state index contributed by atoms with van der Waals surface area (Å²) in [7, 11) is 0. The minimum absolute atomic E-state index is 0.0777. The molecule has 1 saturated heterocycles. The fourth-order valence-corrected chi connectivity index (χ4v) is 4.11. The first-order valence-corrected chi connectivity index (χ1v) is 9.19. The lowest BCUT2D eigenvalue weighted by molar-refractivity contribution is 0.0636. The molecule has 7 heteroatoms. The molecule has 4 heterocycles. The molecule has 0 bridgehead atoms. The molecule has 4 rings (SSSR count). The highest BCUT2D eigenvalue weighted by atomic mass is 32.1. The molecule has 1 fully saturated rings. The van der Waals surface area contributed by atoms with E-state index < -0.39 is 0 Å². The Bertz CT molecular complexity index is 932. The monoisotopic (exact) mass is 354 g/mol. The topological polar surface area (TPSA) is 67.6 Å². The van der Waals surface area contributed by atoms with Gasteiger partial charge in [-0.1, -0.05) is 6.07 Å². The van der Waals surface area contributed by atoms with Gasteiger partial charge in [0.25, 0.3) is 5.91 Å². The van der Waals surface area contributed by atoms with Gasteiger partial charge in [-0.15, -0.1) is 11.3 Å². The number of piperidine rings is 1. The van der Waals surface area contributed by atoms with Crippen molar-refractivity contribution in [2.75, 3.05) is 13.1 Å². The molecule has 1 atom stereocenters. The smallest absolute Gasteiger partial charge is 0.257 e. The zero-order valence-electron chi connectivity index (χ0n) is 13.9. The zero-order chi connectivity index (χ0) is 17.4. The number of aromatic nitrogens is 3. The van der Waals surface area contributed by atoms with Gasteiger partial charge in [0.05, 0.1) is 22.3 Å². The maximum Gasteiger partial charge on any atom is 0.257 e. The lowest BCUT2D eigenvalue weighted by atomic mass is 9.92. The summed E-state index contributed by atoms with van der Waals surface area (Å²) in [5.74, 6) is -0.0611. The van der Waals surface area contributed by atoms with E-state index in [1.165, 1.54) is 11.3 Å². The van der Waals surface area contributed by atoms with E-state index in [0.29, 0.717) is 18.7 Å². The molecule has 0 aliphatic carbocycles. The predicted molar refractivity (Wildman–Crippen MR) is 95.0 cm³/mol. The van der Waals surface area contributed by atoms with Gasteiger partial charge < -0.3 is 4.90 Å². The van der Waals surface area contributed by atoms with E-state index in [1.54, 1.807) is 27.9 Å². The number of hydrogen-bond donors (Lipinski definition) is 0. The number of fused-ring (bicyclic) bond motifs is 1. The minimum atomic E-state index is -0.127. The minimum Gasteiger partial charge on any atom is -0.338 e. The molecule has 0 spiro atoms. The highest BCUT2D eigenvalue weighted by Gasteiger charge is 2.30. The molecule has 1 aliphatic heterocycles. The van der Waals surface area contributed by atoms with Crippen molar-refractivity contribution in [1.29, 1.82) is 0 Å². The van der Waals surface area contributed by atoms with Crippen molar-refractivity contribution in [3.63, 3.8) is 0 Å². The second-order valence-corrected chi connectivity index (χ2v) is 7.24. The molecule has 3 aromatic heterocycles. The molecule has 0 aromatic carbocycles. The molecule has 0 radical (unpaired) electrons. The molecule has 25 heavy (non-hydrogen) atoms. The van der Waals surface area contributed by atoms with Crippen LogP contribution < -0.4 is 0 Å². The normalized spacial score (nSPS) is 17.8. The molecule has 1 aliphatic rings. The standard InChI is InChI=1S/C18H18N4O2S/c1-12-14(10-19-16-6-7-20-22(12)16)18(24)21-8-2-4-13(11-21)17(23)15-5-3-9-25-15/h3,5-7,9-10,13H,2,4,8,11H2,1H3. The number of nitrogens with zero attached hydrogens (tertiary/aromatic N) is 4. The van der Waals surface area contributed by atoms with Gasteiger partial charge in [0.1, 0.15) is 0 Å². The van der Waals surface area contributed by atoms with Crippen molar-refractivity contribution in [2.24, 2.45) is 5.92 Å². The zero-order valence-corrected chi connectivity index (χ0v) is 14.7. The third-order valence-corrected chi connectivity index (χ3v) is 5.61. The van der Waals surface area contributed by atoms with Crippen LogP contribution in [0.15, 0.2) is 36.0 Å². The van der Waals surface area contributed by atoms with E-state index in [9.17, 15) is 9.59 Å². The number of carbonyl (C=O) groups is 2. The second-order valence-electron chi connectivity index (χ2n) is 6.29. The van der Waals surface area contributed by atoms with Gasteiger partial charge in [-0.2, -0.15) is 5.10 Å². The second kappa shape index (κ2) is 6.40. The molecule has 0 N–H and O–H groups in total. The number of rotatable bonds is 3. The van der Waals surface area contributed by atoms with Crippen LogP contribution in [0.3, 0.4) is 0 Å².